The fraction of sp³-hybridized carbons (Fsp3) is 0.562. The first-order chi connectivity index (χ1) is 9.52. The number of benzene rings is 1. The predicted octanol–water partition coefficient (Wildman–Crippen LogP) is 2.05. The highest BCUT2D eigenvalue weighted by Crippen LogP contribution is 2.26. The molecule has 4 heteroatoms. The second kappa shape index (κ2) is 6.37. The number of fused-ring (bicyclic) bond motifs is 1. The minimum absolute atomic E-state index is 0.296. The molecular formula is C16H23NO3. The second-order valence-corrected chi connectivity index (χ2v) is 5.58. The highest BCUT2D eigenvalue weighted by molar-refractivity contribution is 5.73. The van der Waals surface area contributed by atoms with Crippen LogP contribution in [0.15, 0.2) is 18.2 Å². The summed E-state index contributed by atoms with van der Waals surface area (Å²) < 4.78 is 0. The van der Waals surface area contributed by atoms with Crippen molar-refractivity contribution in [2.24, 2.45) is 0 Å². The van der Waals surface area contributed by atoms with Crippen LogP contribution in [0, 0.1) is 0 Å². The lowest BCUT2D eigenvalue weighted by atomic mass is 9.98. The molecule has 0 radical (unpaired) electrons. The lowest BCUT2D eigenvalue weighted by Crippen LogP contribution is -2.44. The Morgan fingerprint density at radius 1 is 1.35 bits per heavy atom. The number of hydrogen-bond acceptors (Lipinski definition) is 3. The fourth-order valence-electron chi connectivity index (χ4n) is 2.84. The third kappa shape index (κ3) is 3.19. The molecule has 3 N–H and O–H groups in total. The van der Waals surface area contributed by atoms with Gasteiger partial charge in [0.15, 0.2) is 0 Å². The standard InChI is InChI=1S/C16H23NO3/c1-3-14(16(19)20)17-10(2)15(18)13-8-7-11-5-4-6-12(11)9-13/h7-10,14-15,17-18H,3-6H2,1-2H3,(H,19,20). The summed E-state index contributed by atoms with van der Waals surface area (Å²) in [5, 5.41) is 22.4. The maximum atomic E-state index is 11.0. The first kappa shape index (κ1) is 15.0. The molecule has 1 aliphatic rings. The summed E-state index contributed by atoms with van der Waals surface area (Å²) in [6.07, 6.45) is 3.19. The second-order valence-electron chi connectivity index (χ2n) is 5.58. The molecule has 20 heavy (non-hydrogen) atoms. The lowest BCUT2D eigenvalue weighted by molar-refractivity contribution is -0.140. The summed E-state index contributed by atoms with van der Waals surface area (Å²) >= 11 is 0. The van der Waals surface area contributed by atoms with Crippen LogP contribution in [0.2, 0.25) is 0 Å². The number of carboxylic acids is 1. The Balaban J connectivity index is 2.06. The van der Waals surface area contributed by atoms with Gasteiger partial charge in [-0.25, -0.2) is 0 Å². The van der Waals surface area contributed by atoms with Gasteiger partial charge >= 0.3 is 5.97 Å². The van der Waals surface area contributed by atoms with E-state index in [1.165, 1.54) is 17.5 Å². The van der Waals surface area contributed by atoms with Gasteiger partial charge in [0.05, 0.1) is 6.10 Å². The molecule has 0 heterocycles. The van der Waals surface area contributed by atoms with Crippen LogP contribution in [0.4, 0.5) is 0 Å². The Morgan fingerprint density at radius 3 is 2.70 bits per heavy atom. The zero-order valence-electron chi connectivity index (χ0n) is 12.1. The molecule has 0 saturated carbocycles. The Bertz CT molecular complexity index is 487. The maximum absolute atomic E-state index is 11.0. The number of aliphatic carboxylic acids is 1. The smallest absolute Gasteiger partial charge is 0.320 e. The van der Waals surface area contributed by atoms with Crippen molar-refractivity contribution >= 4 is 5.97 Å². The summed E-state index contributed by atoms with van der Waals surface area (Å²) in [5.41, 5.74) is 3.56. The van der Waals surface area contributed by atoms with Gasteiger partial charge in [-0.3, -0.25) is 10.1 Å². The van der Waals surface area contributed by atoms with Gasteiger partial charge in [-0.05, 0) is 49.3 Å². The molecule has 1 aromatic carbocycles. The van der Waals surface area contributed by atoms with E-state index in [-0.39, 0.29) is 6.04 Å². The largest absolute Gasteiger partial charge is 0.480 e. The van der Waals surface area contributed by atoms with Crippen molar-refractivity contribution in [1.29, 1.82) is 0 Å². The number of aliphatic hydroxyl groups is 1. The molecule has 3 unspecified atom stereocenters. The molecule has 2 rings (SSSR count). The molecule has 0 fully saturated rings. The topological polar surface area (TPSA) is 69.6 Å². The predicted molar refractivity (Wildman–Crippen MR) is 77.7 cm³/mol. The van der Waals surface area contributed by atoms with E-state index in [1.54, 1.807) is 0 Å². The molecule has 0 spiro atoms. The quantitative estimate of drug-likeness (QED) is 0.744. The zero-order chi connectivity index (χ0) is 14.7. The molecule has 4 nitrogen and oxygen atoms in total. The van der Waals surface area contributed by atoms with Crippen molar-refractivity contribution in [3.8, 4) is 0 Å². The van der Waals surface area contributed by atoms with Crippen molar-refractivity contribution in [2.45, 2.75) is 57.7 Å². The molecule has 0 aromatic heterocycles. The number of hydrogen-bond donors (Lipinski definition) is 3. The molecule has 1 aromatic rings. The first-order valence-corrected chi connectivity index (χ1v) is 7.31. The zero-order valence-corrected chi connectivity index (χ0v) is 12.1. The molecule has 0 saturated heterocycles. The molecule has 1 aliphatic carbocycles. The summed E-state index contributed by atoms with van der Waals surface area (Å²) in [6.45, 7) is 3.64. The number of carbonyl (C=O) groups is 1. The molecule has 110 valence electrons. The van der Waals surface area contributed by atoms with E-state index >= 15 is 0 Å². The Hall–Kier alpha value is -1.39. The van der Waals surface area contributed by atoms with Crippen LogP contribution in [0.3, 0.4) is 0 Å². The van der Waals surface area contributed by atoms with E-state index in [4.69, 9.17) is 5.11 Å². The number of aliphatic hydroxyl groups excluding tert-OH is 1. The van der Waals surface area contributed by atoms with Crippen LogP contribution in [0.1, 0.15) is 49.5 Å². The fourth-order valence-corrected chi connectivity index (χ4v) is 2.84. The summed E-state index contributed by atoms with van der Waals surface area (Å²) in [6, 6.07) is 5.19. The SMILES string of the molecule is CCC(NC(C)C(O)c1ccc2c(c1)CCC2)C(=O)O. The Labute approximate surface area is 119 Å². The monoisotopic (exact) mass is 277 g/mol. The lowest BCUT2D eigenvalue weighted by Gasteiger charge is -2.24. The van der Waals surface area contributed by atoms with E-state index in [0.29, 0.717) is 6.42 Å². The van der Waals surface area contributed by atoms with E-state index in [0.717, 1.165) is 18.4 Å². The molecule has 3 atom stereocenters. The van der Waals surface area contributed by atoms with Gasteiger partial charge in [0.1, 0.15) is 6.04 Å². The van der Waals surface area contributed by atoms with Gasteiger partial charge in [-0.1, -0.05) is 25.1 Å². The third-order valence-corrected chi connectivity index (χ3v) is 4.11. The van der Waals surface area contributed by atoms with E-state index in [9.17, 15) is 9.90 Å². The molecule has 0 bridgehead atoms. The van der Waals surface area contributed by atoms with Crippen molar-refractivity contribution in [2.75, 3.05) is 0 Å². The van der Waals surface area contributed by atoms with Crippen molar-refractivity contribution in [1.82, 2.24) is 5.32 Å². The van der Waals surface area contributed by atoms with Crippen LogP contribution in [0.5, 0.6) is 0 Å². The average molecular weight is 277 g/mol. The highest BCUT2D eigenvalue weighted by Gasteiger charge is 2.23. The van der Waals surface area contributed by atoms with Gasteiger partial charge in [0.25, 0.3) is 0 Å². The van der Waals surface area contributed by atoms with Crippen LogP contribution < -0.4 is 5.32 Å². The van der Waals surface area contributed by atoms with Gasteiger partial charge in [0, 0.05) is 6.04 Å². The van der Waals surface area contributed by atoms with Gasteiger partial charge in [-0.15, -0.1) is 0 Å². The van der Waals surface area contributed by atoms with Crippen molar-refractivity contribution in [3.63, 3.8) is 0 Å². The third-order valence-electron chi connectivity index (χ3n) is 4.11. The molecular weight excluding hydrogens is 254 g/mol. The minimum Gasteiger partial charge on any atom is -0.480 e. The van der Waals surface area contributed by atoms with Gasteiger partial charge in [0.2, 0.25) is 0 Å². The van der Waals surface area contributed by atoms with Crippen molar-refractivity contribution in [3.05, 3.63) is 34.9 Å². The van der Waals surface area contributed by atoms with Crippen LogP contribution in [-0.4, -0.2) is 28.3 Å². The number of carboxylic acid groups (broad SMARTS) is 1. The highest BCUT2D eigenvalue weighted by atomic mass is 16.4. The first-order valence-electron chi connectivity index (χ1n) is 7.31. The van der Waals surface area contributed by atoms with Crippen LogP contribution in [-0.2, 0) is 17.6 Å². The summed E-state index contributed by atoms with van der Waals surface area (Å²) in [4.78, 5) is 11.0. The summed E-state index contributed by atoms with van der Waals surface area (Å²) in [5.74, 6) is -0.875. The average Bonchev–Trinajstić information content (AvgIpc) is 2.90. The number of rotatable bonds is 6. The van der Waals surface area contributed by atoms with E-state index in [1.807, 2.05) is 19.9 Å². The number of aryl methyl sites for hydroxylation is 2. The van der Waals surface area contributed by atoms with Gasteiger partial charge < -0.3 is 10.2 Å². The number of nitrogens with one attached hydrogen (secondary N) is 1. The van der Waals surface area contributed by atoms with Gasteiger partial charge in [-0.2, -0.15) is 0 Å². The van der Waals surface area contributed by atoms with Crippen LogP contribution >= 0.6 is 0 Å². The van der Waals surface area contributed by atoms with Crippen molar-refractivity contribution < 1.29 is 15.0 Å². The van der Waals surface area contributed by atoms with E-state index < -0.39 is 18.1 Å². The van der Waals surface area contributed by atoms with E-state index in [2.05, 4.69) is 17.4 Å². The Morgan fingerprint density at radius 2 is 2.05 bits per heavy atom. The molecule has 0 aliphatic heterocycles. The minimum atomic E-state index is -0.875. The van der Waals surface area contributed by atoms with Crippen LogP contribution in [0.25, 0.3) is 0 Å². The normalized spacial score (nSPS) is 18.4. The summed E-state index contributed by atoms with van der Waals surface area (Å²) in [7, 11) is 0. The Kier molecular flexibility index (Phi) is 4.78. The molecule has 0 amide bonds. The maximum Gasteiger partial charge on any atom is 0.320 e.